The number of benzene rings is 2. The van der Waals surface area contributed by atoms with Gasteiger partial charge >= 0.3 is 0 Å². The van der Waals surface area contributed by atoms with E-state index in [0.29, 0.717) is 13.0 Å². The van der Waals surface area contributed by atoms with E-state index in [0.717, 1.165) is 21.7 Å². The number of aromatic amines is 1. The predicted molar refractivity (Wildman–Crippen MR) is 86.3 cm³/mol. The van der Waals surface area contributed by atoms with Crippen LogP contribution >= 0.6 is 11.8 Å². The van der Waals surface area contributed by atoms with Gasteiger partial charge in [-0.2, -0.15) is 0 Å². The summed E-state index contributed by atoms with van der Waals surface area (Å²) in [6.45, 7) is 2.58. The van der Waals surface area contributed by atoms with Gasteiger partial charge in [0.25, 0.3) is 0 Å². The predicted octanol–water partition coefficient (Wildman–Crippen LogP) is 4.27. The summed E-state index contributed by atoms with van der Waals surface area (Å²) in [4.78, 5) is 5.65. The van der Waals surface area contributed by atoms with E-state index in [-0.39, 0.29) is 5.82 Å². The molecule has 2 aromatic carbocycles. The average Bonchev–Trinajstić information content (AvgIpc) is 2.78. The van der Waals surface area contributed by atoms with Gasteiger partial charge in [0, 0.05) is 26.4 Å². The van der Waals surface area contributed by atoms with Crippen molar-refractivity contribution in [3.63, 3.8) is 0 Å². The molecule has 0 bridgehead atoms. The third-order valence-electron chi connectivity index (χ3n) is 3.48. The first-order chi connectivity index (χ1) is 10.2. The lowest BCUT2D eigenvalue weighted by atomic mass is 10.1. The molecule has 2 nitrogen and oxygen atoms in total. The Labute approximate surface area is 127 Å². The van der Waals surface area contributed by atoms with Crippen LogP contribution in [0.3, 0.4) is 0 Å². The van der Waals surface area contributed by atoms with Crippen molar-refractivity contribution in [2.24, 2.45) is 5.73 Å². The van der Waals surface area contributed by atoms with Crippen LogP contribution in [0, 0.1) is 12.7 Å². The molecule has 0 amide bonds. The van der Waals surface area contributed by atoms with Gasteiger partial charge in [-0.3, -0.25) is 0 Å². The van der Waals surface area contributed by atoms with Crippen LogP contribution in [-0.4, -0.2) is 11.5 Å². The van der Waals surface area contributed by atoms with Gasteiger partial charge in [0.05, 0.1) is 0 Å². The second-order valence-corrected chi connectivity index (χ2v) is 6.07. The Morgan fingerprint density at radius 1 is 1.19 bits per heavy atom. The van der Waals surface area contributed by atoms with Gasteiger partial charge in [0.2, 0.25) is 0 Å². The Bertz CT molecular complexity index is 780. The van der Waals surface area contributed by atoms with Crippen molar-refractivity contribution in [1.29, 1.82) is 0 Å². The smallest absolute Gasteiger partial charge is 0.123 e. The monoisotopic (exact) mass is 300 g/mol. The highest BCUT2D eigenvalue weighted by molar-refractivity contribution is 7.99. The van der Waals surface area contributed by atoms with E-state index in [1.54, 1.807) is 17.8 Å². The van der Waals surface area contributed by atoms with Gasteiger partial charge in [0.1, 0.15) is 5.82 Å². The number of halogens is 1. The number of nitrogens with one attached hydrogen (secondary N) is 1. The van der Waals surface area contributed by atoms with Crippen LogP contribution in [0.1, 0.15) is 11.3 Å². The van der Waals surface area contributed by atoms with Crippen LogP contribution in [-0.2, 0) is 6.42 Å². The normalized spacial score (nSPS) is 11.2. The van der Waals surface area contributed by atoms with Crippen LogP contribution in [0.15, 0.2) is 52.3 Å². The molecule has 0 atom stereocenters. The summed E-state index contributed by atoms with van der Waals surface area (Å²) in [5.74, 6) is -0.210. The van der Waals surface area contributed by atoms with Crippen molar-refractivity contribution in [2.75, 3.05) is 6.54 Å². The highest BCUT2D eigenvalue weighted by Crippen LogP contribution is 2.38. The lowest BCUT2D eigenvalue weighted by Crippen LogP contribution is -2.04. The summed E-state index contributed by atoms with van der Waals surface area (Å²) >= 11 is 1.67. The van der Waals surface area contributed by atoms with Crippen LogP contribution in [0.4, 0.5) is 4.39 Å². The van der Waals surface area contributed by atoms with Crippen molar-refractivity contribution >= 4 is 22.7 Å². The largest absolute Gasteiger partial charge is 0.358 e. The van der Waals surface area contributed by atoms with E-state index in [2.05, 4.69) is 24.0 Å². The third-order valence-corrected chi connectivity index (χ3v) is 4.83. The molecule has 0 spiro atoms. The Morgan fingerprint density at radius 2 is 2.00 bits per heavy atom. The van der Waals surface area contributed by atoms with Crippen molar-refractivity contribution < 1.29 is 4.39 Å². The molecular weight excluding hydrogens is 283 g/mol. The van der Waals surface area contributed by atoms with Crippen LogP contribution in [0.25, 0.3) is 10.9 Å². The first-order valence-corrected chi connectivity index (χ1v) is 7.74. The van der Waals surface area contributed by atoms with Gasteiger partial charge < -0.3 is 10.7 Å². The molecule has 0 saturated carbocycles. The van der Waals surface area contributed by atoms with E-state index in [9.17, 15) is 4.39 Å². The fourth-order valence-electron chi connectivity index (χ4n) is 2.49. The average molecular weight is 300 g/mol. The van der Waals surface area contributed by atoms with E-state index in [1.165, 1.54) is 16.3 Å². The third kappa shape index (κ3) is 2.82. The van der Waals surface area contributed by atoms with Crippen molar-refractivity contribution in [2.45, 2.75) is 23.1 Å². The number of hydrogen-bond donors (Lipinski definition) is 2. The number of para-hydroxylation sites is 1. The maximum atomic E-state index is 13.4. The zero-order valence-corrected chi connectivity index (χ0v) is 12.6. The topological polar surface area (TPSA) is 41.8 Å². The molecule has 0 aliphatic carbocycles. The number of fused-ring (bicyclic) bond motifs is 1. The molecule has 3 rings (SSSR count). The fraction of sp³-hybridized carbons (Fsp3) is 0.176. The van der Waals surface area contributed by atoms with Gasteiger partial charge in [-0.25, -0.2) is 4.39 Å². The minimum atomic E-state index is -0.210. The maximum absolute atomic E-state index is 13.4. The van der Waals surface area contributed by atoms with E-state index in [1.807, 2.05) is 18.2 Å². The summed E-state index contributed by atoms with van der Waals surface area (Å²) in [5.41, 5.74) is 8.85. The lowest BCUT2D eigenvalue weighted by Gasteiger charge is -2.09. The Kier molecular flexibility index (Phi) is 3.99. The molecule has 3 aromatic rings. The molecular formula is C17H17FN2S. The first-order valence-electron chi connectivity index (χ1n) is 6.92. The molecule has 0 fully saturated rings. The first kappa shape index (κ1) is 14.2. The van der Waals surface area contributed by atoms with E-state index < -0.39 is 0 Å². The van der Waals surface area contributed by atoms with Gasteiger partial charge in [-0.15, -0.1) is 0 Å². The minimum absolute atomic E-state index is 0.210. The quantitative estimate of drug-likeness (QED) is 0.755. The molecule has 0 aliphatic rings. The van der Waals surface area contributed by atoms with Gasteiger partial charge in [-0.1, -0.05) is 30.0 Å². The van der Waals surface area contributed by atoms with Gasteiger partial charge in [0.15, 0.2) is 0 Å². The molecule has 4 heteroatoms. The molecule has 0 radical (unpaired) electrons. The highest BCUT2D eigenvalue weighted by atomic mass is 32.2. The summed E-state index contributed by atoms with van der Waals surface area (Å²) in [6.07, 6.45) is 0.682. The molecule has 0 aliphatic heterocycles. The minimum Gasteiger partial charge on any atom is -0.358 e. The van der Waals surface area contributed by atoms with Crippen LogP contribution < -0.4 is 5.73 Å². The summed E-state index contributed by atoms with van der Waals surface area (Å²) in [6, 6.07) is 13.2. The van der Waals surface area contributed by atoms with E-state index in [4.69, 9.17) is 5.73 Å². The Hall–Kier alpha value is -1.78. The highest BCUT2D eigenvalue weighted by Gasteiger charge is 2.12. The fourth-order valence-corrected chi connectivity index (χ4v) is 3.63. The zero-order chi connectivity index (χ0) is 14.8. The Morgan fingerprint density at radius 3 is 2.81 bits per heavy atom. The SMILES string of the molecule is Cc1[nH]c2ccccc2c1Sc1ccc(F)cc1CCN. The number of hydrogen-bond acceptors (Lipinski definition) is 2. The number of H-pyrrole nitrogens is 1. The second-order valence-electron chi connectivity index (χ2n) is 5.02. The van der Waals surface area contributed by atoms with Crippen molar-refractivity contribution in [3.05, 3.63) is 59.5 Å². The number of rotatable bonds is 4. The lowest BCUT2D eigenvalue weighted by molar-refractivity contribution is 0.623. The van der Waals surface area contributed by atoms with E-state index >= 15 is 0 Å². The number of aryl methyl sites for hydroxylation is 1. The van der Waals surface area contributed by atoms with Crippen molar-refractivity contribution in [3.8, 4) is 0 Å². The summed E-state index contributed by atoms with van der Waals surface area (Å²) in [5, 5.41) is 1.20. The molecule has 0 unspecified atom stereocenters. The summed E-state index contributed by atoms with van der Waals surface area (Å²) in [7, 11) is 0. The number of aromatic nitrogens is 1. The molecule has 3 N–H and O–H groups in total. The molecule has 108 valence electrons. The summed E-state index contributed by atoms with van der Waals surface area (Å²) < 4.78 is 13.4. The number of nitrogens with two attached hydrogens (primary N) is 1. The second kappa shape index (κ2) is 5.92. The Balaban J connectivity index is 2.04. The standard InChI is InChI=1S/C17H17FN2S/c1-11-17(14-4-2-3-5-15(14)20-11)21-16-7-6-13(18)10-12(16)8-9-19/h2-7,10,20H,8-9,19H2,1H3. The molecule has 0 saturated heterocycles. The van der Waals surface area contributed by atoms with Gasteiger partial charge in [-0.05, 0) is 49.7 Å². The maximum Gasteiger partial charge on any atom is 0.123 e. The molecule has 21 heavy (non-hydrogen) atoms. The molecule has 1 aromatic heterocycles. The molecule has 1 heterocycles. The van der Waals surface area contributed by atoms with Crippen LogP contribution in [0.2, 0.25) is 0 Å². The zero-order valence-electron chi connectivity index (χ0n) is 11.8. The van der Waals surface area contributed by atoms with Crippen molar-refractivity contribution in [1.82, 2.24) is 4.98 Å². The van der Waals surface area contributed by atoms with Crippen LogP contribution in [0.5, 0.6) is 0 Å².